The van der Waals surface area contributed by atoms with Crippen molar-refractivity contribution in [3.05, 3.63) is 21.6 Å². The van der Waals surface area contributed by atoms with Gasteiger partial charge in [-0.2, -0.15) is 4.98 Å². The van der Waals surface area contributed by atoms with E-state index in [4.69, 9.17) is 16.7 Å². The summed E-state index contributed by atoms with van der Waals surface area (Å²) < 4.78 is 0. The Kier molecular flexibility index (Phi) is 4.16. The third kappa shape index (κ3) is 3.77. The van der Waals surface area contributed by atoms with Gasteiger partial charge in [0.25, 0.3) is 0 Å². The molecule has 0 aliphatic rings. The number of nitrogens with zero attached hydrogens (tertiary/aromatic N) is 3. The van der Waals surface area contributed by atoms with Crippen molar-refractivity contribution in [3.63, 3.8) is 0 Å². The number of nitro groups is 1. The summed E-state index contributed by atoms with van der Waals surface area (Å²) >= 11 is 5.51. The summed E-state index contributed by atoms with van der Waals surface area (Å²) in [5.74, 6) is -0.108. The highest BCUT2D eigenvalue weighted by molar-refractivity contribution is 6.28. The van der Waals surface area contributed by atoms with Gasteiger partial charge in [0.2, 0.25) is 11.1 Å². The summed E-state index contributed by atoms with van der Waals surface area (Å²) in [7, 11) is 0. The fourth-order valence-corrected chi connectivity index (χ4v) is 1.08. The van der Waals surface area contributed by atoms with Crippen molar-refractivity contribution >= 4 is 23.1 Å². The lowest BCUT2D eigenvalue weighted by molar-refractivity contribution is -0.384. The van der Waals surface area contributed by atoms with E-state index in [1.807, 2.05) is 0 Å². The van der Waals surface area contributed by atoms with E-state index in [1.165, 1.54) is 6.92 Å². The fraction of sp³-hybridized carbons (Fsp3) is 0.500. The first kappa shape index (κ1) is 13.6. The number of hydrogen-bond acceptors (Lipinski definition) is 7. The van der Waals surface area contributed by atoms with Crippen LogP contribution in [0.25, 0.3) is 0 Å². The number of halogens is 1. The van der Waals surface area contributed by atoms with Crippen LogP contribution in [0.5, 0.6) is 0 Å². The van der Waals surface area contributed by atoms with E-state index >= 15 is 0 Å². The maximum Gasteiger partial charge on any atom is 0.329 e. The zero-order valence-corrected chi connectivity index (χ0v) is 9.68. The summed E-state index contributed by atoms with van der Waals surface area (Å²) in [6.07, 6.45) is 0.964. The summed E-state index contributed by atoms with van der Waals surface area (Å²) in [5, 5.41) is 31.4. The van der Waals surface area contributed by atoms with Crippen LogP contribution in [-0.4, -0.2) is 43.9 Å². The first-order chi connectivity index (χ1) is 7.85. The van der Waals surface area contributed by atoms with E-state index in [1.54, 1.807) is 0 Å². The smallest absolute Gasteiger partial charge is 0.329 e. The molecule has 0 saturated carbocycles. The summed E-state index contributed by atoms with van der Waals surface area (Å²) in [4.78, 5) is 17.1. The van der Waals surface area contributed by atoms with Gasteiger partial charge in [-0.1, -0.05) is 0 Å². The average Bonchev–Trinajstić information content (AvgIpc) is 2.26. The van der Waals surface area contributed by atoms with E-state index < -0.39 is 17.1 Å². The van der Waals surface area contributed by atoms with Gasteiger partial charge in [-0.15, -0.1) is 0 Å². The number of hydrogen-bond donors (Lipinski definition) is 3. The molecular weight excluding hydrogens is 252 g/mol. The predicted octanol–water partition coefficient (Wildman–Crippen LogP) is 0.193. The molecule has 1 aromatic heterocycles. The predicted molar refractivity (Wildman–Crippen MR) is 59.9 cm³/mol. The van der Waals surface area contributed by atoms with Gasteiger partial charge in [0.15, 0.2) is 0 Å². The van der Waals surface area contributed by atoms with Crippen molar-refractivity contribution in [1.29, 1.82) is 0 Å². The molecule has 0 saturated heterocycles. The fourth-order valence-electron chi connectivity index (χ4n) is 0.948. The van der Waals surface area contributed by atoms with Crippen molar-refractivity contribution in [2.45, 2.75) is 12.5 Å². The van der Waals surface area contributed by atoms with Gasteiger partial charge >= 0.3 is 5.69 Å². The molecule has 3 N–H and O–H groups in total. The Labute approximate surface area is 101 Å². The number of aromatic nitrogens is 2. The van der Waals surface area contributed by atoms with E-state index in [-0.39, 0.29) is 23.3 Å². The quantitative estimate of drug-likeness (QED) is 0.393. The van der Waals surface area contributed by atoms with Crippen molar-refractivity contribution < 1.29 is 15.1 Å². The van der Waals surface area contributed by atoms with Crippen molar-refractivity contribution in [2.75, 3.05) is 18.5 Å². The molecular formula is C8H11ClN4O4. The van der Waals surface area contributed by atoms with Crippen LogP contribution in [0.3, 0.4) is 0 Å². The Hall–Kier alpha value is -1.51. The third-order valence-electron chi connectivity index (χ3n) is 1.91. The maximum atomic E-state index is 10.7. The molecule has 0 spiro atoms. The van der Waals surface area contributed by atoms with Crippen LogP contribution in [0, 0.1) is 10.1 Å². The second-order valence-corrected chi connectivity index (χ2v) is 3.98. The molecule has 9 heteroatoms. The van der Waals surface area contributed by atoms with E-state index in [2.05, 4.69) is 15.3 Å². The van der Waals surface area contributed by atoms with Crippen LogP contribution in [0.2, 0.25) is 5.28 Å². The van der Waals surface area contributed by atoms with Gasteiger partial charge < -0.3 is 15.5 Å². The van der Waals surface area contributed by atoms with Gasteiger partial charge in [-0.25, -0.2) is 4.98 Å². The number of rotatable bonds is 5. The largest absolute Gasteiger partial charge is 0.393 e. The minimum absolute atomic E-state index is 0.108. The zero-order chi connectivity index (χ0) is 13.1. The second-order valence-electron chi connectivity index (χ2n) is 3.64. The van der Waals surface area contributed by atoms with Gasteiger partial charge in [0.1, 0.15) is 11.8 Å². The van der Waals surface area contributed by atoms with E-state index in [9.17, 15) is 15.2 Å². The molecule has 94 valence electrons. The average molecular weight is 263 g/mol. The van der Waals surface area contributed by atoms with Gasteiger partial charge in [-0.05, 0) is 18.5 Å². The molecule has 8 nitrogen and oxygen atoms in total. The van der Waals surface area contributed by atoms with Crippen molar-refractivity contribution in [2.24, 2.45) is 0 Å². The molecule has 0 amide bonds. The van der Waals surface area contributed by atoms with E-state index in [0.717, 1.165) is 6.20 Å². The Balaban J connectivity index is 2.89. The second kappa shape index (κ2) is 5.21. The Morgan fingerprint density at radius 3 is 2.88 bits per heavy atom. The topological polar surface area (TPSA) is 121 Å². The maximum absolute atomic E-state index is 10.7. The molecule has 1 heterocycles. The van der Waals surface area contributed by atoms with Gasteiger partial charge in [0, 0.05) is 6.54 Å². The van der Waals surface area contributed by atoms with E-state index in [0.29, 0.717) is 0 Å². The molecule has 0 fully saturated rings. The highest BCUT2D eigenvalue weighted by Crippen LogP contribution is 2.22. The first-order valence-corrected chi connectivity index (χ1v) is 4.97. The SMILES string of the molecule is CC(O)(CO)CNc1nc(Cl)ncc1[N+](=O)[O-]. The molecule has 0 aliphatic heterocycles. The Bertz CT molecular complexity index is 426. The van der Waals surface area contributed by atoms with Crippen LogP contribution in [0.1, 0.15) is 6.92 Å². The summed E-state index contributed by atoms with van der Waals surface area (Å²) in [6.45, 7) is 0.763. The molecule has 1 atom stereocenters. The van der Waals surface area contributed by atoms with Crippen LogP contribution in [0.4, 0.5) is 11.5 Å². The molecule has 0 radical (unpaired) electrons. The molecule has 17 heavy (non-hydrogen) atoms. The normalized spacial score (nSPS) is 14.1. The standard InChI is InChI=1S/C8H11ClN4O4/c1-8(15,4-14)3-11-6-5(13(16)17)2-10-7(9)12-6/h2,14-15H,3-4H2,1H3,(H,10,11,12). The highest BCUT2D eigenvalue weighted by Gasteiger charge is 2.22. The summed E-state index contributed by atoms with van der Waals surface area (Å²) in [5.41, 5.74) is -1.77. The monoisotopic (exact) mass is 262 g/mol. The number of aliphatic hydroxyl groups is 2. The Morgan fingerprint density at radius 2 is 2.35 bits per heavy atom. The minimum atomic E-state index is -1.41. The van der Waals surface area contributed by atoms with Crippen molar-refractivity contribution in [1.82, 2.24) is 9.97 Å². The zero-order valence-electron chi connectivity index (χ0n) is 8.92. The van der Waals surface area contributed by atoms with Crippen LogP contribution >= 0.6 is 11.6 Å². The van der Waals surface area contributed by atoms with Crippen LogP contribution in [-0.2, 0) is 0 Å². The number of aliphatic hydroxyl groups excluding tert-OH is 1. The van der Waals surface area contributed by atoms with Crippen LogP contribution in [0.15, 0.2) is 6.20 Å². The highest BCUT2D eigenvalue weighted by atomic mass is 35.5. The lowest BCUT2D eigenvalue weighted by Crippen LogP contribution is -2.37. The molecule has 0 aliphatic carbocycles. The number of anilines is 1. The third-order valence-corrected chi connectivity index (χ3v) is 2.10. The lowest BCUT2D eigenvalue weighted by Gasteiger charge is -2.20. The van der Waals surface area contributed by atoms with Gasteiger partial charge in [0.05, 0.1) is 11.5 Å². The first-order valence-electron chi connectivity index (χ1n) is 4.60. The Morgan fingerprint density at radius 1 is 1.71 bits per heavy atom. The summed E-state index contributed by atoms with van der Waals surface area (Å²) in [6, 6.07) is 0. The molecule has 0 bridgehead atoms. The molecule has 1 aromatic rings. The molecule has 1 rings (SSSR count). The van der Waals surface area contributed by atoms with Crippen LogP contribution < -0.4 is 5.32 Å². The minimum Gasteiger partial charge on any atom is -0.393 e. The van der Waals surface area contributed by atoms with Gasteiger partial charge in [-0.3, -0.25) is 10.1 Å². The molecule has 0 aromatic carbocycles. The molecule has 1 unspecified atom stereocenters. The number of nitrogens with one attached hydrogen (secondary N) is 1. The van der Waals surface area contributed by atoms with Crippen molar-refractivity contribution in [3.8, 4) is 0 Å². The lowest BCUT2D eigenvalue weighted by atomic mass is 10.1.